The number of hydrogen-bond acceptors (Lipinski definition) is 1. The number of carbonyl (C=O) groups is 1. The van der Waals surface area contributed by atoms with Crippen LogP contribution in [-0.4, -0.2) is 22.3 Å². The molecule has 0 bridgehead atoms. The van der Waals surface area contributed by atoms with Crippen molar-refractivity contribution in [1.82, 2.24) is 9.88 Å². The third kappa shape index (κ3) is 3.06. The SMILES string of the molecule is O=C(c1ccc(F)c(F)c1)N1CCc2c([nH]c3ccccc23)C1c1ccc(Cl)cc1. The topological polar surface area (TPSA) is 36.1 Å². The molecule has 3 nitrogen and oxygen atoms in total. The Morgan fingerprint density at radius 3 is 2.53 bits per heavy atom. The van der Waals surface area contributed by atoms with Gasteiger partial charge < -0.3 is 9.88 Å². The molecular weight excluding hydrogens is 406 g/mol. The molecule has 0 saturated carbocycles. The molecule has 1 N–H and O–H groups in total. The van der Waals surface area contributed by atoms with Crippen molar-refractivity contribution in [2.45, 2.75) is 12.5 Å². The van der Waals surface area contributed by atoms with Crippen LogP contribution in [0.2, 0.25) is 5.02 Å². The Morgan fingerprint density at radius 1 is 1.00 bits per heavy atom. The number of H-pyrrole nitrogens is 1. The number of fused-ring (bicyclic) bond motifs is 3. The monoisotopic (exact) mass is 422 g/mol. The van der Waals surface area contributed by atoms with Gasteiger partial charge in [0.1, 0.15) is 0 Å². The fraction of sp³-hybridized carbons (Fsp3) is 0.125. The quantitative estimate of drug-likeness (QED) is 0.429. The molecule has 1 atom stereocenters. The summed E-state index contributed by atoms with van der Waals surface area (Å²) in [6.07, 6.45) is 0.666. The highest BCUT2D eigenvalue weighted by Gasteiger charge is 2.35. The van der Waals surface area contributed by atoms with Gasteiger partial charge in [-0.15, -0.1) is 0 Å². The van der Waals surface area contributed by atoms with Gasteiger partial charge in [-0.3, -0.25) is 4.79 Å². The van der Waals surface area contributed by atoms with Crippen LogP contribution in [0.15, 0.2) is 66.7 Å². The minimum atomic E-state index is -1.03. The maximum atomic E-state index is 13.8. The van der Waals surface area contributed by atoms with Crippen molar-refractivity contribution in [3.8, 4) is 0 Å². The maximum absolute atomic E-state index is 13.8. The lowest BCUT2D eigenvalue weighted by molar-refractivity contribution is 0.0691. The summed E-state index contributed by atoms with van der Waals surface area (Å²) in [5, 5.41) is 1.73. The van der Waals surface area contributed by atoms with Crippen molar-refractivity contribution in [1.29, 1.82) is 0 Å². The Hall–Kier alpha value is -3.18. The summed E-state index contributed by atoms with van der Waals surface area (Å²) in [5.41, 5.74) is 4.11. The average Bonchev–Trinajstić information content (AvgIpc) is 3.14. The first-order valence-corrected chi connectivity index (χ1v) is 10.0. The van der Waals surface area contributed by atoms with Gasteiger partial charge in [-0.1, -0.05) is 41.9 Å². The highest BCUT2D eigenvalue weighted by Crippen LogP contribution is 2.39. The largest absolute Gasteiger partial charge is 0.356 e. The van der Waals surface area contributed by atoms with Crippen LogP contribution in [0, 0.1) is 11.6 Å². The predicted molar refractivity (Wildman–Crippen MR) is 113 cm³/mol. The number of hydrogen-bond donors (Lipinski definition) is 1. The van der Waals surface area contributed by atoms with Crippen molar-refractivity contribution in [3.63, 3.8) is 0 Å². The van der Waals surface area contributed by atoms with Crippen molar-refractivity contribution in [3.05, 3.63) is 106 Å². The molecule has 1 unspecified atom stereocenters. The summed E-state index contributed by atoms with van der Waals surface area (Å²) >= 11 is 6.08. The number of nitrogens with zero attached hydrogens (tertiary/aromatic N) is 1. The van der Waals surface area contributed by atoms with Crippen molar-refractivity contribution in [2.24, 2.45) is 0 Å². The molecule has 2 heterocycles. The first kappa shape index (κ1) is 18.8. The Kier molecular flexibility index (Phi) is 4.55. The molecule has 3 aromatic carbocycles. The Bertz CT molecular complexity index is 1270. The number of rotatable bonds is 2. The molecule has 0 saturated heterocycles. The van der Waals surface area contributed by atoms with Crippen LogP contribution in [-0.2, 0) is 6.42 Å². The number of halogens is 3. The summed E-state index contributed by atoms with van der Waals surface area (Å²) in [5.74, 6) is -2.36. The second-order valence-electron chi connectivity index (χ2n) is 7.39. The van der Waals surface area contributed by atoms with E-state index in [1.54, 1.807) is 17.0 Å². The Morgan fingerprint density at radius 2 is 1.77 bits per heavy atom. The number of aromatic amines is 1. The van der Waals surface area contributed by atoms with E-state index in [-0.39, 0.29) is 17.5 Å². The summed E-state index contributed by atoms with van der Waals surface area (Å²) in [6, 6.07) is 18.2. The van der Waals surface area contributed by atoms with E-state index < -0.39 is 11.6 Å². The molecule has 0 spiro atoms. The van der Waals surface area contributed by atoms with Crippen molar-refractivity contribution >= 4 is 28.4 Å². The minimum absolute atomic E-state index is 0.118. The molecule has 5 rings (SSSR count). The van der Waals surface area contributed by atoms with E-state index in [0.717, 1.165) is 34.3 Å². The molecule has 1 aromatic heterocycles. The first-order valence-electron chi connectivity index (χ1n) is 9.64. The molecule has 6 heteroatoms. The van der Waals surface area contributed by atoms with Gasteiger partial charge >= 0.3 is 0 Å². The highest BCUT2D eigenvalue weighted by atomic mass is 35.5. The van der Waals surface area contributed by atoms with Gasteiger partial charge in [-0.2, -0.15) is 0 Å². The van der Waals surface area contributed by atoms with Crippen LogP contribution >= 0.6 is 11.6 Å². The fourth-order valence-corrected chi connectivity index (χ4v) is 4.37. The zero-order chi connectivity index (χ0) is 20.8. The normalized spacial score (nSPS) is 16.0. The van der Waals surface area contributed by atoms with Crippen LogP contribution in [0.3, 0.4) is 0 Å². The van der Waals surface area contributed by atoms with E-state index in [9.17, 15) is 13.6 Å². The minimum Gasteiger partial charge on any atom is -0.356 e. The maximum Gasteiger partial charge on any atom is 0.254 e. The summed E-state index contributed by atoms with van der Waals surface area (Å²) in [7, 11) is 0. The number of amides is 1. The van der Waals surface area contributed by atoms with Gasteiger partial charge in [-0.05, 0) is 53.9 Å². The number of para-hydroxylation sites is 1. The van der Waals surface area contributed by atoms with Gasteiger partial charge in [0, 0.05) is 33.7 Å². The van der Waals surface area contributed by atoms with Crippen LogP contribution in [0.4, 0.5) is 8.78 Å². The summed E-state index contributed by atoms with van der Waals surface area (Å²) in [6.45, 7) is 0.458. The predicted octanol–water partition coefficient (Wildman–Crippen LogP) is 5.89. The molecule has 0 radical (unpaired) electrons. The van der Waals surface area contributed by atoms with E-state index in [1.165, 1.54) is 11.6 Å². The van der Waals surface area contributed by atoms with E-state index in [1.807, 2.05) is 30.3 Å². The molecule has 1 aliphatic rings. The average molecular weight is 423 g/mol. The smallest absolute Gasteiger partial charge is 0.254 e. The molecule has 30 heavy (non-hydrogen) atoms. The van der Waals surface area contributed by atoms with Gasteiger partial charge in [0.2, 0.25) is 0 Å². The standard InChI is InChI=1S/C24H17ClF2N2O/c25-16-8-5-14(6-9-16)23-22-18(17-3-1-2-4-21(17)28-22)11-12-29(23)24(30)15-7-10-19(26)20(27)13-15/h1-10,13,23,28H,11-12H2. The number of benzene rings is 3. The molecule has 4 aromatic rings. The lowest BCUT2D eigenvalue weighted by Gasteiger charge is -2.36. The van der Waals surface area contributed by atoms with Crippen molar-refractivity contribution < 1.29 is 13.6 Å². The van der Waals surface area contributed by atoms with Gasteiger partial charge in [0.25, 0.3) is 5.91 Å². The van der Waals surface area contributed by atoms with Gasteiger partial charge in [0.05, 0.1) is 6.04 Å². The lowest BCUT2D eigenvalue weighted by Crippen LogP contribution is -2.40. The number of carbonyl (C=O) groups excluding carboxylic acids is 1. The van der Waals surface area contributed by atoms with Crippen LogP contribution < -0.4 is 0 Å². The molecule has 1 aliphatic heterocycles. The lowest BCUT2D eigenvalue weighted by atomic mass is 9.91. The molecule has 150 valence electrons. The second-order valence-corrected chi connectivity index (χ2v) is 7.83. The van der Waals surface area contributed by atoms with E-state index in [0.29, 0.717) is 18.0 Å². The Labute approximate surface area is 176 Å². The van der Waals surface area contributed by atoms with Gasteiger partial charge in [0.15, 0.2) is 11.6 Å². The zero-order valence-electron chi connectivity index (χ0n) is 15.8. The third-order valence-electron chi connectivity index (χ3n) is 5.65. The zero-order valence-corrected chi connectivity index (χ0v) is 16.6. The highest BCUT2D eigenvalue weighted by molar-refractivity contribution is 6.30. The van der Waals surface area contributed by atoms with E-state index >= 15 is 0 Å². The molecule has 0 fully saturated rings. The number of aromatic nitrogens is 1. The Balaban J connectivity index is 1.65. The molecule has 0 aliphatic carbocycles. The molecule has 1 amide bonds. The second kappa shape index (κ2) is 7.26. The third-order valence-corrected chi connectivity index (χ3v) is 5.90. The van der Waals surface area contributed by atoms with E-state index in [2.05, 4.69) is 11.1 Å². The summed E-state index contributed by atoms with van der Waals surface area (Å²) < 4.78 is 27.2. The number of nitrogens with one attached hydrogen (secondary N) is 1. The van der Waals surface area contributed by atoms with Crippen LogP contribution in [0.5, 0.6) is 0 Å². The summed E-state index contributed by atoms with van der Waals surface area (Å²) in [4.78, 5) is 18.5. The van der Waals surface area contributed by atoms with Crippen LogP contribution in [0.25, 0.3) is 10.9 Å². The van der Waals surface area contributed by atoms with Crippen molar-refractivity contribution in [2.75, 3.05) is 6.54 Å². The fourth-order valence-electron chi connectivity index (χ4n) is 4.25. The van der Waals surface area contributed by atoms with E-state index in [4.69, 9.17) is 11.6 Å². The van der Waals surface area contributed by atoms with Crippen LogP contribution in [0.1, 0.15) is 33.2 Å². The van der Waals surface area contributed by atoms with Gasteiger partial charge in [-0.25, -0.2) is 8.78 Å². The molecular formula is C24H17ClF2N2O. The first-order chi connectivity index (χ1) is 14.5.